The second-order valence-corrected chi connectivity index (χ2v) is 5.64. The Labute approximate surface area is 150 Å². The summed E-state index contributed by atoms with van der Waals surface area (Å²) in [7, 11) is 1.57. The molecule has 0 bridgehead atoms. The highest BCUT2D eigenvalue weighted by atomic mass is 32.1. The minimum Gasteiger partial charge on any atom is -0.497 e. The van der Waals surface area contributed by atoms with Crippen LogP contribution in [0.1, 0.15) is 11.1 Å². The van der Waals surface area contributed by atoms with Crippen LogP contribution in [0.5, 0.6) is 5.75 Å². The quantitative estimate of drug-likeness (QED) is 0.484. The number of methoxy groups -OCH3 is 1. The van der Waals surface area contributed by atoms with Crippen molar-refractivity contribution in [3.8, 4) is 5.75 Å². The Morgan fingerprint density at radius 2 is 1.92 bits per heavy atom. The predicted octanol–water partition coefficient (Wildman–Crippen LogP) is 2.97. The van der Waals surface area contributed by atoms with Crippen molar-refractivity contribution in [2.24, 2.45) is 0 Å². The average molecular weight is 359 g/mol. The minimum absolute atomic E-state index is 0.0163. The lowest BCUT2D eigenvalue weighted by molar-refractivity contribution is -0.385. The molecule has 0 saturated carbocycles. The number of thiocarbonyl (C=S) groups is 1. The van der Waals surface area contributed by atoms with Gasteiger partial charge in [-0.1, -0.05) is 18.2 Å². The first kappa shape index (κ1) is 18.3. The largest absolute Gasteiger partial charge is 0.497 e. The summed E-state index contributed by atoms with van der Waals surface area (Å²) in [5.74, 6) is 0.424. The van der Waals surface area contributed by atoms with Gasteiger partial charge in [0.05, 0.1) is 29.7 Å². The molecule has 2 aromatic carbocycles. The second kappa shape index (κ2) is 8.20. The number of nitro groups is 1. The maximum atomic E-state index is 12.0. The summed E-state index contributed by atoms with van der Waals surface area (Å²) in [6, 6.07) is 11.7. The van der Waals surface area contributed by atoms with Crippen molar-refractivity contribution in [2.45, 2.75) is 13.3 Å². The number of nitro benzene ring substituents is 1. The summed E-state index contributed by atoms with van der Waals surface area (Å²) in [4.78, 5) is 22.5. The van der Waals surface area contributed by atoms with Gasteiger partial charge in [-0.3, -0.25) is 14.9 Å². The van der Waals surface area contributed by atoms with Gasteiger partial charge in [0.1, 0.15) is 5.75 Å². The number of anilines is 1. The monoisotopic (exact) mass is 359 g/mol. The molecule has 0 heterocycles. The Bertz CT molecular complexity index is 806. The van der Waals surface area contributed by atoms with Gasteiger partial charge in [-0.25, -0.2) is 0 Å². The van der Waals surface area contributed by atoms with E-state index in [1.165, 1.54) is 6.07 Å². The van der Waals surface area contributed by atoms with E-state index in [0.717, 1.165) is 5.56 Å². The van der Waals surface area contributed by atoms with Gasteiger partial charge in [0.25, 0.3) is 5.69 Å². The number of benzene rings is 2. The van der Waals surface area contributed by atoms with E-state index in [2.05, 4.69) is 10.6 Å². The standard InChI is InChI=1S/C17H17N3O4S/c1-11-14(4-3-5-15(11)20(22)23)18-17(25)19-16(21)10-12-6-8-13(24-2)9-7-12/h3-9H,10H2,1-2H3,(H2,18,19,21,25). The van der Waals surface area contributed by atoms with Crippen LogP contribution in [-0.4, -0.2) is 23.1 Å². The molecule has 0 aliphatic carbocycles. The topological polar surface area (TPSA) is 93.5 Å². The zero-order valence-corrected chi connectivity index (χ0v) is 14.6. The molecular weight excluding hydrogens is 342 g/mol. The SMILES string of the molecule is COc1ccc(CC(=O)NC(=S)Nc2cccc([N+](=O)[O-])c2C)cc1. The van der Waals surface area contributed by atoms with E-state index in [-0.39, 0.29) is 23.1 Å². The van der Waals surface area contributed by atoms with Crippen LogP contribution < -0.4 is 15.4 Å². The van der Waals surface area contributed by atoms with Gasteiger partial charge in [0.2, 0.25) is 5.91 Å². The van der Waals surface area contributed by atoms with Gasteiger partial charge in [-0.2, -0.15) is 0 Å². The molecule has 0 radical (unpaired) electrons. The Balaban J connectivity index is 1.96. The zero-order valence-electron chi connectivity index (χ0n) is 13.7. The first-order valence-corrected chi connectivity index (χ1v) is 7.79. The number of nitrogens with one attached hydrogen (secondary N) is 2. The van der Waals surface area contributed by atoms with E-state index in [0.29, 0.717) is 17.0 Å². The maximum absolute atomic E-state index is 12.0. The molecule has 0 atom stereocenters. The average Bonchev–Trinajstić information content (AvgIpc) is 2.57. The third-order valence-corrected chi connectivity index (χ3v) is 3.73. The second-order valence-electron chi connectivity index (χ2n) is 5.23. The number of hydrogen-bond acceptors (Lipinski definition) is 5. The van der Waals surface area contributed by atoms with Gasteiger partial charge in [-0.15, -0.1) is 0 Å². The Hall–Kier alpha value is -3.00. The van der Waals surface area contributed by atoms with Crippen LogP contribution in [0.3, 0.4) is 0 Å². The van der Waals surface area contributed by atoms with Crippen LogP contribution in [-0.2, 0) is 11.2 Å². The number of ether oxygens (including phenoxy) is 1. The first-order chi connectivity index (χ1) is 11.9. The summed E-state index contributed by atoms with van der Waals surface area (Å²) in [6.07, 6.45) is 0.153. The molecule has 0 aliphatic heterocycles. The highest BCUT2D eigenvalue weighted by molar-refractivity contribution is 7.80. The van der Waals surface area contributed by atoms with Gasteiger partial charge in [0, 0.05) is 6.07 Å². The Kier molecular flexibility index (Phi) is 6.02. The van der Waals surface area contributed by atoms with Crippen LogP contribution in [0.4, 0.5) is 11.4 Å². The number of rotatable bonds is 5. The Morgan fingerprint density at radius 1 is 1.24 bits per heavy atom. The summed E-state index contributed by atoms with van der Waals surface area (Å²) in [5, 5.41) is 16.4. The maximum Gasteiger partial charge on any atom is 0.274 e. The van der Waals surface area contributed by atoms with E-state index in [9.17, 15) is 14.9 Å². The van der Waals surface area contributed by atoms with E-state index < -0.39 is 4.92 Å². The van der Waals surface area contributed by atoms with Crippen molar-refractivity contribution in [1.29, 1.82) is 0 Å². The molecule has 130 valence electrons. The third kappa shape index (κ3) is 4.98. The molecule has 0 fully saturated rings. The van der Waals surface area contributed by atoms with Crippen LogP contribution >= 0.6 is 12.2 Å². The number of carbonyl (C=O) groups excluding carboxylic acids is 1. The minimum atomic E-state index is -0.466. The normalized spacial score (nSPS) is 10.0. The zero-order chi connectivity index (χ0) is 18.4. The van der Waals surface area contributed by atoms with Gasteiger partial charge >= 0.3 is 0 Å². The predicted molar refractivity (Wildman–Crippen MR) is 98.9 cm³/mol. The third-order valence-electron chi connectivity index (χ3n) is 3.53. The number of hydrogen-bond donors (Lipinski definition) is 2. The molecule has 0 spiro atoms. The highest BCUT2D eigenvalue weighted by Crippen LogP contribution is 2.24. The van der Waals surface area contributed by atoms with Gasteiger partial charge < -0.3 is 15.4 Å². The van der Waals surface area contributed by atoms with Crippen LogP contribution in [0.2, 0.25) is 0 Å². The molecule has 2 aromatic rings. The summed E-state index contributed by atoms with van der Waals surface area (Å²) >= 11 is 5.10. The number of nitrogens with zero attached hydrogens (tertiary/aromatic N) is 1. The molecule has 0 aromatic heterocycles. The number of amides is 1. The van der Waals surface area contributed by atoms with Gasteiger partial charge in [0.15, 0.2) is 5.11 Å². The van der Waals surface area contributed by atoms with Crippen molar-refractivity contribution in [3.05, 3.63) is 63.7 Å². The smallest absolute Gasteiger partial charge is 0.274 e. The molecule has 7 nitrogen and oxygen atoms in total. The molecule has 8 heteroatoms. The summed E-state index contributed by atoms with van der Waals surface area (Å²) < 4.78 is 5.06. The van der Waals surface area contributed by atoms with E-state index >= 15 is 0 Å². The lowest BCUT2D eigenvalue weighted by atomic mass is 10.1. The molecule has 1 amide bonds. The lowest BCUT2D eigenvalue weighted by Gasteiger charge is -2.12. The summed E-state index contributed by atoms with van der Waals surface area (Å²) in [6.45, 7) is 1.61. The summed E-state index contributed by atoms with van der Waals surface area (Å²) in [5.41, 5.74) is 1.72. The molecule has 25 heavy (non-hydrogen) atoms. The fourth-order valence-electron chi connectivity index (χ4n) is 2.21. The van der Waals surface area contributed by atoms with Crippen LogP contribution in [0, 0.1) is 17.0 Å². The number of carbonyl (C=O) groups is 1. The van der Waals surface area contributed by atoms with E-state index in [1.807, 2.05) is 0 Å². The van der Waals surface area contributed by atoms with E-state index in [4.69, 9.17) is 17.0 Å². The first-order valence-electron chi connectivity index (χ1n) is 7.38. The molecule has 0 saturated heterocycles. The molecular formula is C17H17N3O4S. The fraction of sp³-hybridized carbons (Fsp3) is 0.176. The highest BCUT2D eigenvalue weighted by Gasteiger charge is 2.14. The van der Waals surface area contributed by atoms with Crippen molar-refractivity contribution in [3.63, 3.8) is 0 Å². The van der Waals surface area contributed by atoms with E-state index in [1.54, 1.807) is 50.4 Å². The van der Waals surface area contributed by atoms with Crippen molar-refractivity contribution < 1.29 is 14.5 Å². The molecule has 2 N–H and O–H groups in total. The van der Waals surface area contributed by atoms with Crippen molar-refractivity contribution in [1.82, 2.24) is 5.32 Å². The van der Waals surface area contributed by atoms with Crippen LogP contribution in [0.15, 0.2) is 42.5 Å². The van der Waals surface area contributed by atoms with Crippen molar-refractivity contribution >= 4 is 34.6 Å². The van der Waals surface area contributed by atoms with Gasteiger partial charge in [-0.05, 0) is 42.9 Å². The molecule has 0 unspecified atom stereocenters. The lowest BCUT2D eigenvalue weighted by Crippen LogP contribution is -2.35. The Morgan fingerprint density at radius 3 is 2.52 bits per heavy atom. The van der Waals surface area contributed by atoms with Crippen LogP contribution in [0.25, 0.3) is 0 Å². The molecule has 0 aliphatic rings. The fourth-order valence-corrected chi connectivity index (χ4v) is 2.43. The molecule has 2 rings (SSSR count). The van der Waals surface area contributed by atoms with Crippen molar-refractivity contribution in [2.75, 3.05) is 12.4 Å².